The lowest BCUT2D eigenvalue weighted by Gasteiger charge is -2.30. The molecule has 0 aliphatic carbocycles. The van der Waals surface area contributed by atoms with Crippen LogP contribution in [0.1, 0.15) is 35.2 Å². The minimum Gasteiger partial charge on any atom is -0.336 e. The van der Waals surface area contributed by atoms with Gasteiger partial charge >= 0.3 is 11.9 Å². The van der Waals surface area contributed by atoms with Gasteiger partial charge in [0, 0.05) is 17.8 Å². The van der Waals surface area contributed by atoms with Gasteiger partial charge in [-0.3, -0.25) is 14.6 Å². The molecule has 1 aromatic carbocycles. The van der Waals surface area contributed by atoms with E-state index in [0.717, 1.165) is 12.1 Å². The fourth-order valence-electron chi connectivity index (χ4n) is 3.06. The molecular weight excluding hydrogens is 351 g/mol. The summed E-state index contributed by atoms with van der Waals surface area (Å²) >= 11 is 0. The van der Waals surface area contributed by atoms with E-state index in [-0.39, 0.29) is 31.0 Å². The smallest absolute Gasteiger partial charge is 0.336 e. The summed E-state index contributed by atoms with van der Waals surface area (Å²) < 4.78 is 38.6. The topological polar surface area (TPSA) is 86.0 Å². The normalized spacial score (nSPS) is 15.5. The van der Waals surface area contributed by atoms with Gasteiger partial charge in [0.25, 0.3) is 5.56 Å². The zero-order valence-corrected chi connectivity index (χ0v) is 13.8. The third-order valence-corrected chi connectivity index (χ3v) is 4.51. The molecular formula is C17H16F3N3O3. The molecule has 1 amide bonds. The van der Waals surface area contributed by atoms with Crippen molar-refractivity contribution < 1.29 is 18.0 Å². The van der Waals surface area contributed by atoms with Gasteiger partial charge in [-0.05, 0) is 25.0 Å². The predicted octanol–water partition coefficient (Wildman–Crippen LogP) is 1.77. The largest absolute Gasteiger partial charge is 0.416 e. The van der Waals surface area contributed by atoms with Crippen molar-refractivity contribution in [1.82, 2.24) is 14.9 Å². The lowest BCUT2D eigenvalue weighted by molar-refractivity contribution is -0.138. The maximum atomic E-state index is 12.9. The molecule has 2 aromatic rings. The minimum absolute atomic E-state index is 0.0383. The molecule has 26 heavy (non-hydrogen) atoms. The lowest BCUT2D eigenvalue weighted by Crippen LogP contribution is -2.42. The Bertz CT molecular complexity index is 962. The van der Waals surface area contributed by atoms with Gasteiger partial charge in [-0.1, -0.05) is 18.2 Å². The van der Waals surface area contributed by atoms with Gasteiger partial charge in [-0.25, -0.2) is 4.79 Å². The second-order valence-corrected chi connectivity index (χ2v) is 6.22. The Morgan fingerprint density at radius 3 is 2.65 bits per heavy atom. The summed E-state index contributed by atoms with van der Waals surface area (Å²) in [6, 6.07) is 4.66. The molecule has 0 fully saturated rings. The fourth-order valence-corrected chi connectivity index (χ4v) is 3.06. The molecule has 2 N–H and O–H groups in total. The number of hydrogen-bond donors (Lipinski definition) is 2. The maximum Gasteiger partial charge on any atom is 0.416 e. The molecule has 3 rings (SSSR count). The highest BCUT2D eigenvalue weighted by atomic mass is 19.4. The predicted molar refractivity (Wildman–Crippen MR) is 86.7 cm³/mol. The van der Waals surface area contributed by atoms with E-state index in [1.54, 1.807) is 0 Å². The van der Waals surface area contributed by atoms with E-state index >= 15 is 0 Å². The number of aromatic amines is 2. The molecule has 1 aromatic heterocycles. The number of carbonyl (C=O) groups excluding carboxylic acids is 1. The van der Waals surface area contributed by atoms with Crippen molar-refractivity contribution >= 4 is 5.91 Å². The van der Waals surface area contributed by atoms with Crippen molar-refractivity contribution in [2.75, 3.05) is 6.54 Å². The number of carbonyl (C=O) groups is 1. The van der Waals surface area contributed by atoms with Crippen LogP contribution in [0.4, 0.5) is 13.2 Å². The zero-order chi connectivity index (χ0) is 19.1. The Kier molecular flexibility index (Phi) is 4.47. The van der Waals surface area contributed by atoms with Crippen LogP contribution >= 0.6 is 0 Å². The van der Waals surface area contributed by atoms with Crippen molar-refractivity contribution in [3.63, 3.8) is 0 Å². The second-order valence-electron chi connectivity index (χ2n) is 6.22. The number of H-pyrrole nitrogens is 2. The number of nitrogens with one attached hydrogen (secondary N) is 2. The number of aromatic nitrogens is 2. The highest BCUT2D eigenvalue weighted by Gasteiger charge is 2.32. The number of halogens is 3. The first-order chi connectivity index (χ1) is 12.2. The standard InChI is InChI=1S/C17H16F3N3O3/c1-9(10-3-2-4-11(7-10)17(18,19)20)15(25)23-6-5-12-13(8-23)21-16(26)22-14(12)24/h2-4,7,9H,5-6,8H2,1H3,(H2,21,22,24,26). The number of rotatable bonds is 2. The average Bonchev–Trinajstić information content (AvgIpc) is 2.59. The first kappa shape index (κ1) is 18.0. The fraction of sp³-hybridized carbons (Fsp3) is 0.353. The highest BCUT2D eigenvalue weighted by molar-refractivity contribution is 5.83. The van der Waals surface area contributed by atoms with Crippen LogP contribution in [-0.4, -0.2) is 27.3 Å². The summed E-state index contributed by atoms with van der Waals surface area (Å²) in [5.74, 6) is -1.15. The summed E-state index contributed by atoms with van der Waals surface area (Å²) in [5, 5.41) is 0. The molecule has 9 heteroatoms. The van der Waals surface area contributed by atoms with Gasteiger partial charge in [-0.2, -0.15) is 13.2 Å². The van der Waals surface area contributed by atoms with E-state index in [1.807, 2.05) is 0 Å². The number of nitrogens with zero attached hydrogens (tertiary/aromatic N) is 1. The van der Waals surface area contributed by atoms with Crippen molar-refractivity contribution in [2.24, 2.45) is 0 Å². The molecule has 1 aliphatic heterocycles. The second kappa shape index (κ2) is 6.47. The summed E-state index contributed by atoms with van der Waals surface area (Å²) in [6.45, 7) is 1.83. The first-order valence-corrected chi connectivity index (χ1v) is 7.97. The molecule has 2 heterocycles. The SMILES string of the molecule is CC(C(=O)N1CCc2c([nH]c(=O)[nH]c2=O)C1)c1cccc(C(F)(F)F)c1. The van der Waals surface area contributed by atoms with Gasteiger partial charge in [0.15, 0.2) is 0 Å². The third-order valence-electron chi connectivity index (χ3n) is 4.51. The maximum absolute atomic E-state index is 12.9. The summed E-state index contributed by atoms with van der Waals surface area (Å²) in [6.07, 6.45) is -4.22. The molecule has 0 spiro atoms. The summed E-state index contributed by atoms with van der Waals surface area (Å²) in [4.78, 5) is 41.9. The van der Waals surface area contributed by atoms with E-state index in [0.29, 0.717) is 11.3 Å². The van der Waals surface area contributed by atoms with E-state index in [9.17, 15) is 27.6 Å². The number of amides is 1. The van der Waals surface area contributed by atoms with E-state index < -0.39 is 28.9 Å². The van der Waals surface area contributed by atoms with Crippen molar-refractivity contribution in [1.29, 1.82) is 0 Å². The number of benzene rings is 1. The Balaban J connectivity index is 1.84. The number of alkyl halides is 3. The van der Waals surface area contributed by atoms with Gasteiger partial charge in [0.1, 0.15) is 0 Å². The molecule has 138 valence electrons. The van der Waals surface area contributed by atoms with Crippen LogP contribution in [0.2, 0.25) is 0 Å². The average molecular weight is 367 g/mol. The lowest BCUT2D eigenvalue weighted by atomic mass is 9.96. The number of hydrogen-bond acceptors (Lipinski definition) is 3. The van der Waals surface area contributed by atoms with Crippen molar-refractivity contribution in [3.8, 4) is 0 Å². The van der Waals surface area contributed by atoms with Crippen LogP contribution in [0.5, 0.6) is 0 Å². The third kappa shape index (κ3) is 3.42. The molecule has 6 nitrogen and oxygen atoms in total. The highest BCUT2D eigenvalue weighted by Crippen LogP contribution is 2.31. The van der Waals surface area contributed by atoms with Crippen LogP contribution < -0.4 is 11.2 Å². The Hall–Kier alpha value is -2.84. The molecule has 1 aliphatic rings. The zero-order valence-electron chi connectivity index (χ0n) is 13.8. The molecule has 1 atom stereocenters. The van der Waals surface area contributed by atoms with Crippen LogP contribution in [-0.2, 0) is 23.9 Å². The van der Waals surface area contributed by atoms with Crippen LogP contribution in [0, 0.1) is 0 Å². The molecule has 0 bridgehead atoms. The van der Waals surface area contributed by atoms with Crippen LogP contribution in [0.25, 0.3) is 0 Å². The van der Waals surface area contributed by atoms with Gasteiger partial charge < -0.3 is 9.88 Å². The van der Waals surface area contributed by atoms with Crippen LogP contribution in [0.3, 0.4) is 0 Å². The van der Waals surface area contributed by atoms with Gasteiger partial charge in [0.05, 0.1) is 18.0 Å². The van der Waals surface area contributed by atoms with Gasteiger partial charge in [0.2, 0.25) is 5.91 Å². The molecule has 0 radical (unpaired) electrons. The van der Waals surface area contributed by atoms with Crippen molar-refractivity contribution in [2.45, 2.75) is 32.0 Å². The molecule has 1 unspecified atom stereocenters. The molecule has 0 saturated carbocycles. The number of fused-ring (bicyclic) bond motifs is 1. The Labute approximate surface area is 145 Å². The first-order valence-electron chi connectivity index (χ1n) is 7.97. The molecule has 0 saturated heterocycles. The Morgan fingerprint density at radius 1 is 1.23 bits per heavy atom. The van der Waals surface area contributed by atoms with E-state index in [2.05, 4.69) is 9.97 Å². The van der Waals surface area contributed by atoms with Crippen LogP contribution in [0.15, 0.2) is 33.9 Å². The van der Waals surface area contributed by atoms with Crippen molar-refractivity contribution in [3.05, 3.63) is 67.5 Å². The minimum atomic E-state index is -4.48. The summed E-state index contributed by atoms with van der Waals surface area (Å²) in [7, 11) is 0. The Morgan fingerprint density at radius 2 is 1.96 bits per heavy atom. The quantitative estimate of drug-likeness (QED) is 0.848. The van der Waals surface area contributed by atoms with E-state index in [1.165, 1.54) is 24.0 Å². The van der Waals surface area contributed by atoms with Gasteiger partial charge in [-0.15, -0.1) is 0 Å². The monoisotopic (exact) mass is 367 g/mol. The van der Waals surface area contributed by atoms with E-state index in [4.69, 9.17) is 0 Å². The summed E-state index contributed by atoms with van der Waals surface area (Å²) in [5.41, 5.74) is -0.921.